The minimum atomic E-state index is -0.527. The van der Waals surface area contributed by atoms with Crippen molar-refractivity contribution in [3.63, 3.8) is 0 Å². The van der Waals surface area contributed by atoms with E-state index in [1.165, 1.54) is 0 Å². The number of carbonyl (C=O) groups excluding carboxylic acids is 2. The van der Waals surface area contributed by atoms with E-state index in [9.17, 15) is 9.59 Å². The van der Waals surface area contributed by atoms with Crippen LogP contribution in [-0.4, -0.2) is 40.6 Å². The number of hydrogen-bond donors (Lipinski definition) is 1. The molecule has 0 aliphatic carbocycles. The molecule has 0 spiro atoms. The topological polar surface area (TPSA) is 49.4 Å². The van der Waals surface area contributed by atoms with Crippen LogP contribution in [0.2, 0.25) is 5.02 Å². The van der Waals surface area contributed by atoms with E-state index in [4.69, 9.17) is 11.6 Å². The molecule has 2 rings (SSSR count). The van der Waals surface area contributed by atoms with Crippen molar-refractivity contribution in [3.8, 4) is 0 Å². The average Bonchev–Trinajstić information content (AvgIpc) is 2.69. The SMILES string of the molecule is C[C@@H](C(=O)NC(C)(C)C)N(CCc1ccccc1)C(=O)CCSc1ccc(Cl)cc1. The number of nitrogens with zero attached hydrogens (tertiary/aromatic N) is 1. The maximum absolute atomic E-state index is 13.0. The Labute approximate surface area is 189 Å². The number of hydrogen-bond acceptors (Lipinski definition) is 3. The number of carbonyl (C=O) groups is 2. The predicted octanol–water partition coefficient (Wildman–Crippen LogP) is 5.20. The van der Waals surface area contributed by atoms with Crippen molar-refractivity contribution in [1.29, 1.82) is 0 Å². The summed E-state index contributed by atoms with van der Waals surface area (Å²) in [6, 6.07) is 17.1. The minimum absolute atomic E-state index is 0.0102. The molecule has 2 aromatic carbocycles. The Hall–Kier alpha value is -1.98. The molecule has 4 nitrogen and oxygen atoms in total. The van der Waals surface area contributed by atoms with Crippen LogP contribution >= 0.6 is 23.4 Å². The molecular weight excluding hydrogens is 416 g/mol. The van der Waals surface area contributed by atoms with Gasteiger partial charge in [-0.05, 0) is 63.9 Å². The predicted molar refractivity (Wildman–Crippen MR) is 126 cm³/mol. The molecule has 0 saturated heterocycles. The Kier molecular flexibility index (Phi) is 9.25. The van der Waals surface area contributed by atoms with Gasteiger partial charge in [0.2, 0.25) is 11.8 Å². The van der Waals surface area contributed by atoms with E-state index in [0.29, 0.717) is 30.2 Å². The Balaban J connectivity index is 2.01. The van der Waals surface area contributed by atoms with Crippen molar-refractivity contribution in [3.05, 3.63) is 65.2 Å². The van der Waals surface area contributed by atoms with Gasteiger partial charge in [0.1, 0.15) is 6.04 Å². The normalized spacial score (nSPS) is 12.3. The van der Waals surface area contributed by atoms with Gasteiger partial charge in [-0.25, -0.2) is 0 Å². The highest BCUT2D eigenvalue weighted by atomic mass is 35.5. The molecule has 0 aliphatic heterocycles. The van der Waals surface area contributed by atoms with Gasteiger partial charge >= 0.3 is 0 Å². The molecule has 0 heterocycles. The maximum atomic E-state index is 13.0. The zero-order chi connectivity index (χ0) is 22.1. The van der Waals surface area contributed by atoms with Crippen molar-refractivity contribution in [2.45, 2.75) is 57.0 Å². The minimum Gasteiger partial charge on any atom is -0.350 e. The summed E-state index contributed by atoms with van der Waals surface area (Å²) in [5, 5.41) is 3.68. The van der Waals surface area contributed by atoms with Crippen LogP contribution in [0.15, 0.2) is 59.5 Å². The number of thioether (sulfide) groups is 1. The van der Waals surface area contributed by atoms with E-state index in [1.54, 1.807) is 23.6 Å². The summed E-state index contributed by atoms with van der Waals surface area (Å²) in [7, 11) is 0. The van der Waals surface area contributed by atoms with Crippen LogP contribution in [0, 0.1) is 0 Å². The molecule has 30 heavy (non-hydrogen) atoms. The molecule has 0 radical (unpaired) electrons. The quantitative estimate of drug-likeness (QED) is 0.539. The lowest BCUT2D eigenvalue weighted by molar-refractivity contribution is -0.140. The number of halogens is 1. The molecule has 0 fully saturated rings. The number of rotatable bonds is 9. The third-order valence-corrected chi connectivity index (χ3v) is 5.81. The molecule has 1 atom stereocenters. The van der Waals surface area contributed by atoms with Gasteiger partial charge in [0, 0.05) is 34.2 Å². The zero-order valence-corrected chi connectivity index (χ0v) is 19.7. The van der Waals surface area contributed by atoms with Gasteiger partial charge in [-0.15, -0.1) is 11.8 Å². The summed E-state index contributed by atoms with van der Waals surface area (Å²) in [5.74, 6) is 0.508. The Bertz CT molecular complexity index is 819. The largest absolute Gasteiger partial charge is 0.350 e. The van der Waals surface area contributed by atoms with E-state index in [1.807, 2.05) is 75.4 Å². The molecule has 0 aliphatic rings. The molecule has 1 N–H and O–H groups in total. The van der Waals surface area contributed by atoms with Crippen LogP contribution in [0.1, 0.15) is 39.7 Å². The Morgan fingerprint density at radius 3 is 2.30 bits per heavy atom. The third kappa shape index (κ3) is 8.41. The third-order valence-electron chi connectivity index (χ3n) is 4.55. The van der Waals surface area contributed by atoms with Gasteiger partial charge in [-0.1, -0.05) is 41.9 Å². The smallest absolute Gasteiger partial charge is 0.242 e. The van der Waals surface area contributed by atoms with E-state index in [-0.39, 0.29) is 17.4 Å². The summed E-state index contributed by atoms with van der Waals surface area (Å²) in [5.41, 5.74) is 0.804. The lowest BCUT2D eigenvalue weighted by Gasteiger charge is -2.31. The molecule has 0 bridgehead atoms. The van der Waals surface area contributed by atoms with Crippen LogP contribution in [0.5, 0.6) is 0 Å². The van der Waals surface area contributed by atoms with E-state index in [0.717, 1.165) is 10.5 Å². The summed E-state index contributed by atoms with van der Waals surface area (Å²) >= 11 is 7.54. The highest BCUT2D eigenvalue weighted by Gasteiger charge is 2.27. The first-order chi connectivity index (χ1) is 14.2. The molecule has 2 aromatic rings. The number of amides is 2. The van der Waals surface area contributed by atoms with Crippen molar-refractivity contribution < 1.29 is 9.59 Å². The van der Waals surface area contributed by atoms with Crippen LogP contribution in [0.4, 0.5) is 0 Å². The van der Waals surface area contributed by atoms with Gasteiger partial charge in [-0.2, -0.15) is 0 Å². The fourth-order valence-electron chi connectivity index (χ4n) is 2.97. The second-order valence-electron chi connectivity index (χ2n) is 8.29. The number of benzene rings is 2. The monoisotopic (exact) mass is 446 g/mol. The van der Waals surface area contributed by atoms with Crippen LogP contribution in [-0.2, 0) is 16.0 Å². The van der Waals surface area contributed by atoms with Crippen molar-refractivity contribution in [2.24, 2.45) is 0 Å². The first kappa shape index (κ1) is 24.3. The second-order valence-corrected chi connectivity index (χ2v) is 9.90. The highest BCUT2D eigenvalue weighted by molar-refractivity contribution is 7.99. The van der Waals surface area contributed by atoms with Gasteiger partial charge < -0.3 is 10.2 Å². The lowest BCUT2D eigenvalue weighted by Crippen LogP contribution is -2.53. The fourth-order valence-corrected chi connectivity index (χ4v) is 3.94. The van der Waals surface area contributed by atoms with Gasteiger partial charge in [0.25, 0.3) is 0 Å². The van der Waals surface area contributed by atoms with Crippen molar-refractivity contribution in [2.75, 3.05) is 12.3 Å². The average molecular weight is 447 g/mol. The van der Waals surface area contributed by atoms with Crippen LogP contribution < -0.4 is 5.32 Å². The first-order valence-electron chi connectivity index (χ1n) is 10.2. The Morgan fingerprint density at radius 2 is 1.70 bits per heavy atom. The van der Waals surface area contributed by atoms with Gasteiger partial charge in [0.15, 0.2) is 0 Å². The highest BCUT2D eigenvalue weighted by Crippen LogP contribution is 2.21. The Morgan fingerprint density at radius 1 is 1.07 bits per heavy atom. The van der Waals surface area contributed by atoms with Crippen molar-refractivity contribution in [1.82, 2.24) is 10.2 Å². The van der Waals surface area contributed by atoms with Gasteiger partial charge in [0.05, 0.1) is 0 Å². The summed E-state index contributed by atoms with van der Waals surface area (Å²) < 4.78 is 0. The van der Waals surface area contributed by atoms with E-state index < -0.39 is 6.04 Å². The summed E-state index contributed by atoms with van der Waals surface area (Å²) in [6.07, 6.45) is 1.08. The molecule has 0 saturated carbocycles. The maximum Gasteiger partial charge on any atom is 0.242 e. The molecule has 0 aromatic heterocycles. The summed E-state index contributed by atoms with van der Waals surface area (Å²) in [6.45, 7) is 8.13. The second kappa shape index (κ2) is 11.4. The van der Waals surface area contributed by atoms with Gasteiger partial charge in [-0.3, -0.25) is 9.59 Å². The summed E-state index contributed by atoms with van der Waals surface area (Å²) in [4.78, 5) is 28.5. The molecule has 0 unspecified atom stereocenters. The molecule has 2 amide bonds. The standard InChI is InChI=1S/C24H31ClN2O2S/c1-18(23(29)26-24(2,3)4)27(16-14-19-8-6-5-7-9-19)22(28)15-17-30-21-12-10-20(25)11-13-21/h5-13,18H,14-17H2,1-4H3,(H,26,29)/t18-/m0/s1. The van der Waals surface area contributed by atoms with E-state index in [2.05, 4.69) is 5.32 Å². The van der Waals surface area contributed by atoms with E-state index >= 15 is 0 Å². The fraction of sp³-hybridized carbons (Fsp3) is 0.417. The van der Waals surface area contributed by atoms with Crippen LogP contribution in [0.25, 0.3) is 0 Å². The van der Waals surface area contributed by atoms with Crippen LogP contribution in [0.3, 0.4) is 0 Å². The van der Waals surface area contributed by atoms with Crippen molar-refractivity contribution >= 4 is 35.2 Å². The lowest BCUT2D eigenvalue weighted by atomic mass is 10.1. The first-order valence-corrected chi connectivity index (χ1v) is 11.6. The molecule has 162 valence electrons. The molecule has 6 heteroatoms. The zero-order valence-electron chi connectivity index (χ0n) is 18.2. The number of nitrogens with one attached hydrogen (secondary N) is 1. The molecular formula is C24H31ClN2O2S.